The van der Waals surface area contributed by atoms with Crippen LogP contribution in [0.15, 0.2) is 42.5 Å². The topological polar surface area (TPSA) is 81.7 Å². The number of nitrogens with one attached hydrogen (secondary N) is 2. The number of carbonyl (C=O) groups is 2. The van der Waals surface area contributed by atoms with Gasteiger partial charge in [-0.1, -0.05) is 18.0 Å². The third-order valence-corrected chi connectivity index (χ3v) is 7.41. The number of anilines is 2. The number of carboxylic acids is 1. The molecule has 1 amide bonds. The smallest absolute Gasteiger partial charge is 0.416 e. The zero-order chi connectivity index (χ0) is 25.9. The van der Waals surface area contributed by atoms with Crippen molar-refractivity contribution in [3.63, 3.8) is 0 Å². The van der Waals surface area contributed by atoms with Crippen LogP contribution in [0.1, 0.15) is 48.0 Å². The van der Waals surface area contributed by atoms with E-state index in [0.717, 1.165) is 37.1 Å². The third-order valence-electron chi connectivity index (χ3n) is 7.18. The first-order valence-electron chi connectivity index (χ1n) is 12.1. The molecule has 1 saturated carbocycles. The van der Waals surface area contributed by atoms with E-state index in [2.05, 4.69) is 10.6 Å². The molecule has 1 aliphatic carbocycles. The second kappa shape index (κ2) is 11.0. The van der Waals surface area contributed by atoms with Crippen LogP contribution in [0.2, 0.25) is 5.02 Å². The van der Waals surface area contributed by atoms with Crippen molar-refractivity contribution in [3.8, 4) is 0 Å². The number of carbonyl (C=O) groups excluding carboxylic acids is 1. The average molecular weight is 524 g/mol. The number of amides is 1. The molecule has 1 aliphatic heterocycles. The molecule has 194 valence electrons. The molecule has 2 atom stereocenters. The van der Waals surface area contributed by atoms with Gasteiger partial charge in [-0.05, 0) is 74.1 Å². The predicted molar refractivity (Wildman–Crippen MR) is 133 cm³/mol. The van der Waals surface area contributed by atoms with Crippen LogP contribution >= 0.6 is 11.6 Å². The van der Waals surface area contributed by atoms with Gasteiger partial charge in [-0.2, -0.15) is 13.2 Å². The number of piperidine rings is 1. The summed E-state index contributed by atoms with van der Waals surface area (Å²) in [5.41, 5.74) is 0.668. The van der Waals surface area contributed by atoms with Gasteiger partial charge in [-0.3, -0.25) is 4.79 Å². The Hall–Kier alpha value is -2.94. The van der Waals surface area contributed by atoms with Gasteiger partial charge in [-0.25, -0.2) is 4.79 Å². The fourth-order valence-corrected chi connectivity index (χ4v) is 5.30. The van der Waals surface area contributed by atoms with E-state index in [0.29, 0.717) is 43.2 Å². The van der Waals surface area contributed by atoms with Crippen LogP contribution in [-0.2, 0) is 11.0 Å². The average Bonchev–Trinajstić information content (AvgIpc) is 3.29. The number of alkyl halides is 3. The highest BCUT2D eigenvalue weighted by Gasteiger charge is 2.33. The van der Waals surface area contributed by atoms with Crippen molar-refractivity contribution in [1.82, 2.24) is 5.32 Å². The Labute approximate surface area is 212 Å². The van der Waals surface area contributed by atoms with Gasteiger partial charge in [0.05, 0.1) is 16.8 Å². The maximum absolute atomic E-state index is 13.0. The molecule has 0 unspecified atom stereocenters. The molecule has 1 saturated heterocycles. The summed E-state index contributed by atoms with van der Waals surface area (Å²) < 4.78 is 38.4. The highest BCUT2D eigenvalue weighted by molar-refractivity contribution is 6.31. The van der Waals surface area contributed by atoms with Crippen molar-refractivity contribution >= 4 is 34.9 Å². The Kier molecular flexibility index (Phi) is 7.97. The van der Waals surface area contributed by atoms with Crippen LogP contribution in [-0.4, -0.2) is 42.7 Å². The van der Waals surface area contributed by atoms with Crippen molar-refractivity contribution in [2.75, 3.05) is 29.9 Å². The summed E-state index contributed by atoms with van der Waals surface area (Å²) in [7, 11) is 0. The Bertz CT molecular complexity index is 1090. The minimum absolute atomic E-state index is 0.00500. The van der Waals surface area contributed by atoms with E-state index in [4.69, 9.17) is 11.6 Å². The maximum Gasteiger partial charge on any atom is 0.416 e. The lowest BCUT2D eigenvalue weighted by atomic mass is 9.94. The van der Waals surface area contributed by atoms with Crippen molar-refractivity contribution in [2.24, 2.45) is 11.8 Å². The second-order valence-electron chi connectivity index (χ2n) is 9.49. The SMILES string of the molecule is O=C(O)c1ccc(Cl)cc1NC[C@@H]1CCC[C@@H]1NC(=O)C1CCN(c2ccc(C(F)(F)F)cc2)CC1. The summed E-state index contributed by atoms with van der Waals surface area (Å²) in [6, 6.07) is 9.75. The van der Waals surface area contributed by atoms with Gasteiger partial charge in [-0.15, -0.1) is 0 Å². The molecule has 4 rings (SSSR count). The highest BCUT2D eigenvalue weighted by atomic mass is 35.5. The van der Waals surface area contributed by atoms with Gasteiger partial charge in [0.1, 0.15) is 0 Å². The molecule has 0 radical (unpaired) electrons. The number of halogens is 4. The fraction of sp³-hybridized carbons (Fsp3) is 0.462. The quantitative estimate of drug-likeness (QED) is 0.435. The molecule has 2 aromatic carbocycles. The number of rotatable bonds is 7. The monoisotopic (exact) mass is 523 g/mol. The number of aromatic carboxylic acids is 1. The van der Waals surface area contributed by atoms with E-state index < -0.39 is 17.7 Å². The molecule has 3 N–H and O–H groups in total. The van der Waals surface area contributed by atoms with Crippen LogP contribution in [0.5, 0.6) is 0 Å². The summed E-state index contributed by atoms with van der Waals surface area (Å²) in [4.78, 5) is 26.5. The van der Waals surface area contributed by atoms with Gasteiger partial charge in [0, 0.05) is 42.3 Å². The normalized spacial score (nSPS) is 20.8. The lowest BCUT2D eigenvalue weighted by molar-refractivity contribution is -0.137. The van der Waals surface area contributed by atoms with Crippen LogP contribution in [0.3, 0.4) is 0 Å². The molecule has 36 heavy (non-hydrogen) atoms. The van der Waals surface area contributed by atoms with Gasteiger partial charge in [0.2, 0.25) is 5.91 Å². The van der Waals surface area contributed by atoms with Gasteiger partial charge in [0.25, 0.3) is 0 Å². The Morgan fingerprint density at radius 3 is 2.36 bits per heavy atom. The lowest BCUT2D eigenvalue weighted by Gasteiger charge is -2.34. The first kappa shape index (κ1) is 26.1. The Morgan fingerprint density at radius 2 is 1.72 bits per heavy atom. The Balaban J connectivity index is 1.28. The molecule has 2 aliphatic rings. The number of benzene rings is 2. The van der Waals surface area contributed by atoms with E-state index in [1.807, 2.05) is 4.90 Å². The standard InChI is InChI=1S/C26H29ClF3N3O3/c27-19-6-9-21(25(35)36)23(14-19)31-15-17-2-1-3-22(17)32-24(34)16-10-12-33(13-11-16)20-7-4-18(5-8-20)26(28,29)30/h4-9,14,16-17,22,31H,1-3,10-13,15H2,(H,32,34)(H,35,36)/t17-,22-/m0/s1. The minimum Gasteiger partial charge on any atom is -0.478 e. The molecule has 2 aromatic rings. The van der Waals surface area contributed by atoms with Crippen LogP contribution in [0, 0.1) is 11.8 Å². The van der Waals surface area contributed by atoms with Crippen molar-refractivity contribution in [1.29, 1.82) is 0 Å². The minimum atomic E-state index is -4.36. The third kappa shape index (κ3) is 6.24. The summed E-state index contributed by atoms with van der Waals surface area (Å²) in [5, 5.41) is 16.3. The molecule has 0 spiro atoms. The summed E-state index contributed by atoms with van der Waals surface area (Å²) in [6.07, 6.45) is -0.327. The largest absolute Gasteiger partial charge is 0.478 e. The Morgan fingerprint density at radius 1 is 1.03 bits per heavy atom. The van der Waals surface area contributed by atoms with Crippen LogP contribution in [0.4, 0.5) is 24.5 Å². The van der Waals surface area contributed by atoms with Gasteiger partial charge < -0.3 is 20.6 Å². The molecule has 0 bridgehead atoms. The van der Waals surface area contributed by atoms with Crippen molar-refractivity contribution in [3.05, 3.63) is 58.6 Å². The van der Waals surface area contributed by atoms with E-state index in [1.165, 1.54) is 24.3 Å². The zero-order valence-electron chi connectivity index (χ0n) is 19.7. The molecular weight excluding hydrogens is 495 g/mol. The number of hydrogen-bond acceptors (Lipinski definition) is 4. The zero-order valence-corrected chi connectivity index (χ0v) is 20.4. The molecule has 0 aromatic heterocycles. The van der Waals surface area contributed by atoms with E-state index in [1.54, 1.807) is 6.07 Å². The molecule has 1 heterocycles. The van der Waals surface area contributed by atoms with Gasteiger partial charge >= 0.3 is 12.1 Å². The molecule has 2 fully saturated rings. The van der Waals surface area contributed by atoms with E-state index in [-0.39, 0.29) is 29.3 Å². The maximum atomic E-state index is 13.0. The van der Waals surface area contributed by atoms with Gasteiger partial charge in [0.15, 0.2) is 0 Å². The highest BCUT2D eigenvalue weighted by Crippen LogP contribution is 2.32. The van der Waals surface area contributed by atoms with Crippen LogP contribution in [0.25, 0.3) is 0 Å². The fourth-order valence-electron chi connectivity index (χ4n) is 5.12. The van der Waals surface area contributed by atoms with Crippen molar-refractivity contribution < 1.29 is 27.9 Å². The van der Waals surface area contributed by atoms with Crippen LogP contribution < -0.4 is 15.5 Å². The number of nitrogens with zero attached hydrogens (tertiary/aromatic N) is 1. The first-order chi connectivity index (χ1) is 17.1. The van der Waals surface area contributed by atoms with E-state index >= 15 is 0 Å². The molecule has 10 heteroatoms. The molecular formula is C26H29ClF3N3O3. The first-order valence-corrected chi connectivity index (χ1v) is 12.5. The predicted octanol–water partition coefficient (Wildman–Crippen LogP) is 5.67. The lowest BCUT2D eigenvalue weighted by Crippen LogP contribution is -2.46. The molecule has 6 nitrogen and oxygen atoms in total. The number of hydrogen-bond donors (Lipinski definition) is 3. The summed E-state index contributed by atoms with van der Waals surface area (Å²) in [6.45, 7) is 1.73. The van der Waals surface area contributed by atoms with Crippen molar-refractivity contribution in [2.45, 2.75) is 44.3 Å². The number of carboxylic acid groups (broad SMARTS) is 1. The second-order valence-corrected chi connectivity index (χ2v) is 9.92. The van der Waals surface area contributed by atoms with E-state index in [9.17, 15) is 27.9 Å². The summed E-state index contributed by atoms with van der Waals surface area (Å²) in [5.74, 6) is -1.00. The summed E-state index contributed by atoms with van der Waals surface area (Å²) >= 11 is 6.04.